The van der Waals surface area contributed by atoms with Crippen molar-refractivity contribution in [2.75, 3.05) is 6.54 Å². The zero-order valence-electron chi connectivity index (χ0n) is 11.5. The number of ether oxygens (including phenoxy) is 1. The van der Waals surface area contributed by atoms with E-state index in [0.29, 0.717) is 12.5 Å². The first-order valence-corrected chi connectivity index (χ1v) is 6.54. The molecule has 3 N–H and O–H groups in total. The number of amides is 2. The first-order chi connectivity index (χ1) is 8.28. The fourth-order valence-corrected chi connectivity index (χ4v) is 2.19. The lowest BCUT2D eigenvalue weighted by Gasteiger charge is -2.27. The van der Waals surface area contributed by atoms with Crippen LogP contribution < -0.4 is 11.1 Å². The average molecular weight is 256 g/mol. The molecule has 5 nitrogen and oxygen atoms in total. The molecule has 18 heavy (non-hydrogen) atoms. The first-order valence-electron chi connectivity index (χ1n) is 6.54. The fourth-order valence-electron chi connectivity index (χ4n) is 2.19. The second kappa shape index (κ2) is 6.07. The standard InChI is InChI=1S/C13H24N2O3/c1-13(2,3)18-12(17)15-8-9-4-6-10(7-5-9)11(14)16/h9-10H,4-8H2,1-3H3,(H2,14,16)(H,15,17). The quantitative estimate of drug-likeness (QED) is 0.808. The van der Waals surface area contributed by atoms with Crippen LogP contribution in [0.4, 0.5) is 4.79 Å². The van der Waals surface area contributed by atoms with Gasteiger partial charge in [-0.1, -0.05) is 0 Å². The molecular formula is C13H24N2O3. The van der Waals surface area contributed by atoms with E-state index in [1.54, 1.807) is 0 Å². The van der Waals surface area contributed by atoms with Crippen molar-refractivity contribution >= 4 is 12.0 Å². The molecule has 0 atom stereocenters. The van der Waals surface area contributed by atoms with E-state index < -0.39 is 5.60 Å². The highest BCUT2D eigenvalue weighted by molar-refractivity contribution is 5.76. The highest BCUT2D eigenvalue weighted by Gasteiger charge is 2.25. The van der Waals surface area contributed by atoms with E-state index in [1.165, 1.54) is 0 Å². The number of rotatable bonds is 3. The average Bonchev–Trinajstić information content (AvgIpc) is 2.24. The third-order valence-corrected chi connectivity index (χ3v) is 3.18. The Morgan fingerprint density at radius 2 is 1.78 bits per heavy atom. The van der Waals surface area contributed by atoms with Gasteiger partial charge in [0.05, 0.1) is 0 Å². The molecule has 0 aliphatic heterocycles. The summed E-state index contributed by atoms with van der Waals surface area (Å²) in [6.07, 6.45) is 3.15. The molecule has 0 aromatic rings. The molecule has 5 heteroatoms. The SMILES string of the molecule is CC(C)(C)OC(=O)NCC1CCC(C(N)=O)CC1. The van der Waals surface area contributed by atoms with Crippen molar-refractivity contribution in [3.63, 3.8) is 0 Å². The Kier molecular flexibility index (Phi) is 4.99. The highest BCUT2D eigenvalue weighted by atomic mass is 16.6. The number of primary amides is 1. The number of hydrogen-bond acceptors (Lipinski definition) is 3. The van der Waals surface area contributed by atoms with E-state index in [9.17, 15) is 9.59 Å². The molecule has 0 saturated heterocycles. The maximum absolute atomic E-state index is 11.5. The molecule has 0 heterocycles. The summed E-state index contributed by atoms with van der Waals surface area (Å²) >= 11 is 0. The van der Waals surface area contributed by atoms with Crippen LogP contribution in [0.3, 0.4) is 0 Å². The molecule has 1 rings (SSSR count). The number of carbonyl (C=O) groups is 2. The maximum Gasteiger partial charge on any atom is 0.407 e. The van der Waals surface area contributed by atoms with Crippen molar-refractivity contribution in [1.82, 2.24) is 5.32 Å². The van der Waals surface area contributed by atoms with E-state index in [-0.39, 0.29) is 17.9 Å². The first kappa shape index (κ1) is 14.8. The van der Waals surface area contributed by atoms with E-state index in [1.807, 2.05) is 20.8 Å². The third-order valence-electron chi connectivity index (χ3n) is 3.18. The number of carbonyl (C=O) groups excluding carboxylic acids is 2. The fraction of sp³-hybridized carbons (Fsp3) is 0.846. The Morgan fingerprint density at radius 3 is 2.22 bits per heavy atom. The summed E-state index contributed by atoms with van der Waals surface area (Å²) in [5, 5.41) is 2.78. The molecule has 0 radical (unpaired) electrons. The van der Waals surface area contributed by atoms with Gasteiger partial charge in [0.15, 0.2) is 0 Å². The number of nitrogens with one attached hydrogen (secondary N) is 1. The number of alkyl carbamates (subject to hydrolysis) is 1. The van der Waals surface area contributed by atoms with Gasteiger partial charge in [0, 0.05) is 12.5 Å². The molecule has 0 bridgehead atoms. The van der Waals surface area contributed by atoms with E-state index in [4.69, 9.17) is 10.5 Å². The summed E-state index contributed by atoms with van der Waals surface area (Å²) in [6, 6.07) is 0. The summed E-state index contributed by atoms with van der Waals surface area (Å²) in [5.74, 6) is 0.240. The van der Waals surface area contributed by atoms with Crippen molar-refractivity contribution in [1.29, 1.82) is 0 Å². The van der Waals surface area contributed by atoms with Gasteiger partial charge in [0.2, 0.25) is 5.91 Å². The maximum atomic E-state index is 11.5. The predicted octanol–water partition coefficient (Wildman–Crippen LogP) is 1.80. The van der Waals surface area contributed by atoms with Crippen LogP contribution in [0.5, 0.6) is 0 Å². The number of nitrogens with two attached hydrogens (primary N) is 1. The van der Waals surface area contributed by atoms with Gasteiger partial charge in [-0.25, -0.2) is 4.79 Å². The molecule has 1 fully saturated rings. The largest absolute Gasteiger partial charge is 0.444 e. The van der Waals surface area contributed by atoms with Gasteiger partial charge < -0.3 is 15.8 Å². The second-order valence-electron chi connectivity index (χ2n) is 6.00. The van der Waals surface area contributed by atoms with Gasteiger partial charge in [-0.3, -0.25) is 4.79 Å². The van der Waals surface area contributed by atoms with Crippen LogP contribution in [0.1, 0.15) is 46.5 Å². The minimum absolute atomic E-state index is 0.0165. The van der Waals surface area contributed by atoms with Gasteiger partial charge in [0.25, 0.3) is 0 Å². The topological polar surface area (TPSA) is 81.4 Å². The molecule has 0 unspecified atom stereocenters. The summed E-state index contributed by atoms with van der Waals surface area (Å²) in [4.78, 5) is 22.5. The zero-order valence-corrected chi connectivity index (χ0v) is 11.5. The summed E-state index contributed by atoms with van der Waals surface area (Å²) in [6.45, 7) is 6.13. The Morgan fingerprint density at radius 1 is 1.22 bits per heavy atom. The molecule has 104 valence electrons. The predicted molar refractivity (Wildman–Crippen MR) is 68.9 cm³/mol. The zero-order chi connectivity index (χ0) is 13.8. The number of hydrogen-bond donors (Lipinski definition) is 2. The van der Waals surface area contributed by atoms with Crippen LogP contribution >= 0.6 is 0 Å². The van der Waals surface area contributed by atoms with Crippen molar-refractivity contribution in [2.45, 2.75) is 52.1 Å². The Labute approximate surface area is 108 Å². The summed E-state index contributed by atoms with van der Waals surface area (Å²) in [7, 11) is 0. The van der Waals surface area contributed by atoms with E-state index in [2.05, 4.69) is 5.32 Å². The molecule has 0 aromatic heterocycles. The minimum atomic E-state index is -0.465. The van der Waals surface area contributed by atoms with Crippen molar-refractivity contribution in [3.8, 4) is 0 Å². The lowest BCUT2D eigenvalue weighted by Crippen LogP contribution is -2.37. The Bertz CT molecular complexity index is 302. The Balaban J connectivity index is 2.22. The highest BCUT2D eigenvalue weighted by Crippen LogP contribution is 2.28. The molecule has 2 amide bonds. The van der Waals surface area contributed by atoms with Crippen molar-refractivity contribution in [2.24, 2.45) is 17.6 Å². The third kappa shape index (κ3) is 5.38. The molecule has 1 aliphatic carbocycles. The van der Waals surface area contributed by atoms with Gasteiger partial charge >= 0.3 is 6.09 Å². The van der Waals surface area contributed by atoms with Crippen LogP contribution in [0.15, 0.2) is 0 Å². The lowest BCUT2D eigenvalue weighted by atomic mass is 9.82. The normalized spacial score (nSPS) is 24.4. The molecular weight excluding hydrogens is 232 g/mol. The van der Waals surface area contributed by atoms with Gasteiger partial charge in [0.1, 0.15) is 5.60 Å². The van der Waals surface area contributed by atoms with Gasteiger partial charge in [-0.15, -0.1) is 0 Å². The van der Waals surface area contributed by atoms with Crippen LogP contribution in [0.25, 0.3) is 0 Å². The van der Waals surface area contributed by atoms with E-state index in [0.717, 1.165) is 25.7 Å². The van der Waals surface area contributed by atoms with Crippen molar-refractivity contribution < 1.29 is 14.3 Å². The van der Waals surface area contributed by atoms with Crippen LogP contribution in [-0.2, 0) is 9.53 Å². The Hall–Kier alpha value is -1.26. The summed E-state index contributed by atoms with van der Waals surface area (Å²) in [5.41, 5.74) is 4.81. The van der Waals surface area contributed by atoms with Crippen molar-refractivity contribution in [3.05, 3.63) is 0 Å². The van der Waals surface area contributed by atoms with E-state index >= 15 is 0 Å². The van der Waals surface area contributed by atoms with Gasteiger partial charge in [-0.05, 0) is 52.4 Å². The monoisotopic (exact) mass is 256 g/mol. The molecule has 0 spiro atoms. The van der Waals surface area contributed by atoms with Gasteiger partial charge in [-0.2, -0.15) is 0 Å². The van der Waals surface area contributed by atoms with Crippen LogP contribution in [-0.4, -0.2) is 24.1 Å². The van der Waals surface area contributed by atoms with Crippen LogP contribution in [0.2, 0.25) is 0 Å². The smallest absolute Gasteiger partial charge is 0.407 e. The summed E-state index contributed by atoms with van der Waals surface area (Å²) < 4.78 is 5.16. The molecule has 1 aliphatic rings. The lowest BCUT2D eigenvalue weighted by molar-refractivity contribution is -0.122. The minimum Gasteiger partial charge on any atom is -0.444 e. The second-order valence-corrected chi connectivity index (χ2v) is 6.00. The molecule has 0 aromatic carbocycles. The van der Waals surface area contributed by atoms with Crippen LogP contribution in [0, 0.1) is 11.8 Å². The molecule has 1 saturated carbocycles.